The Labute approximate surface area is 219 Å². The van der Waals surface area contributed by atoms with Gasteiger partial charge in [-0.2, -0.15) is 0 Å². The van der Waals surface area contributed by atoms with Crippen LogP contribution in [0.15, 0.2) is 48.5 Å². The summed E-state index contributed by atoms with van der Waals surface area (Å²) in [4.78, 5) is 28.3. The van der Waals surface area contributed by atoms with E-state index in [0.717, 1.165) is 17.0 Å². The number of anilines is 1. The van der Waals surface area contributed by atoms with E-state index in [0.29, 0.717) is 29.4 Å². The molecule has 8 nitrogen and oxygen atoms in total. The number of amides is 2. The summed E-state index contributed by atoms with van der Waals surface area (Å²) in [6.45, 7) is 7.33. The van der Waals surface area contributed by atoms with Gasteiger partial charge in [0.25, 0.3) is 0 Å². The second-order valence-electron chi connectivity index (χ2n) is 8.53. The second kappa shape index (κ2) is 13.5. The molecule has 36 heavy (non-hydrogen) atoms. The third-order valence-corrected chi connectivity index (χ3v) is 7.29. The maximum Gasteiger partial charge on any atom is 0.244 e. The predicted molar refractivity (Wildman–Crippen MR) is 144 cm³/mol. The Balaban J connectivity index is 2.50. The van der Waals surface area contributed by atoms with Crippen LogP contribution >= 0.6 is 11.6 Å². The standard InChI is InChI=1S/C26H36ClN3O5S/c1-6-19(4)28-26(32)22(7-2)29(17-20-13-9-10-14-21(20)27)25(31)18-30(36(5,33)34)23-15-11-12-16-24(23)35-8-3/h9-16,19,22H,6-8,17-18H2,1-5H3,(H,28,32)/t19-,22-/m0/s1. The summed E-state index contributed by atoms with van der Waals surface area (Å²) in [5.41, 5.74) is 0.910. The summed E-state index contributed by atoms with van der Waals surface area (Å²) in [6, 6.07) is 12.8. The first-order valence-electron chi connectivity index (χ1n) is 12.1. The van der Waals surface area contributed by atoms with Crippen molar-refractivity contribution < 1.29 is 22.7 Å². The number of hydrogen-bond donors (Lipinski definition) is 1. The van der Waals surface area contributed by atoms with Gasteiger partial charge >= 0.3 is 0 Å². The van der Waals surface area contributed by atoms with E-state index in [2.05, 4.69) is 5.32 Å². The van der Waals surface area contributed by atoms with Gasteiger partial charge in [0.2, 0.25) is 21.8 Å². The Morgan fingerprint density at radius 3 is 2.25 bits per heavy atom. The Kier molecular flexibility index (Phi) is 11.0. The average molecular weight is 538 g/mol. The topological polar surface area (TPSA) is 96.0 Å². The van der Waals surface area contributed by atoms with E-state index in [-0.39, 0.29) is 24.2 Å². The molecular weight excluding hydrogens is 502 g/mol. The lowest BCUT2D eigenvalue weighted by Gasteiger charge is -2.33. The van der Waals surface area contributed by atoms with Gasteiger partial charge in [0.1, 0.15) is 18.3 Å². The molecule has 2 aromatic rings. The molecule has 2 amide bonds. The number of halogens is 1. The van der Waals surface area contributed by atoms with Gasteiger partial charge in [-0.25, -0.2) is 8.42 Å². The Hall–Kier alpha value is -2.78. The van der Waals surface area contributed by atoms with Gasteiger partial charge in [0.05, 0.1) is 18.6 Å². The summed E-state index contributed by atoms with van der Waals surface area (Å²) in [6.07, 6.45) is 2.11. The molecule has 0 spiro atoms. The molecule has 0 radical (unpaired) electrons. The normalized spacial score (nSPS) is 12.9. The number of para-hydroxylation sites is 2. The molecule has 0 heterocycles. The highest BCUT2D eigenvalue weighted by Gasteiger charge is 2.33. The minimum absolute atomic E-state index is 0.0512. The van der Waals surface area contributed by atoms with Crippen molar-refractivity contribution in [3.63, 3.8) is 0 Å². The van der Waals surface area contributed by atoms with E-state index < -0.39 is 28.5 Å². The number of benzene rings is 2. The minimum atomic E-state index is -3.86. The highest BCUT2D eigenvalue weighted by atomic mass is 35.5. The van der Waals surface area contributed by atoms with Crippen LogP contribution < -0.4 is 14.4 Å². The number of sulfonamides is 1. The maximum absolute atomic E-state index is 13.8. The zero-order valence-electron chi connectivity index (χ0n) is 21.5. The van der Waals surface area contributed by atoms with Gasteiger partial charge in [0.15, 0.2) is 0 Å². The zero-order valence-corrected chi connectivity index (χ0v) is 23.1. The van der Waals surface area contributed by atoms with Gasteiger partial charge < -0.3 is 15.0 Å². The second-order valence-corrected chi connectivity index (χ2v) is 10.8. The van der Waals surface area contributed by atoms with Gasteiger partial charge in [-0.05, 0) is 50.5 Å². The summed E-state index contributed by atoms with van der Waals surface area (Å²) in [5, 5.41) is 3.39. The first kappa shape index (κ1) is 29.5. The van der Waals surface area contributed by atoms with Gasteiger partial charge in [0, 0.05) is 17.6 Å². The molecular formula is C26H36ClN3O5S. The van der Waals surface area contributed by atoms with Crippen molar-refractivity contribution in [2.75, 3.05) is 23.7 Å². The van der Waals surface area contributed by atoms with Gasteiger partial charge in [-0.3, -0.25) is 13.9 Å². The molecule has 0 aromatic heterocycles. The van der Waals surface area contributed by atoms with Crippen molar-refractivity contribution in [1.29, 1.82) is 0 Å². The van der Waals surface area contributed by atoms with E-state index in [1.54, 1.807) is 55.5 Å². The molecule has 2 rings (SSSR count). The molecule has 10 heteroatoms. The number of carbonyl (C=O) groups is 2. The van der Waals surface area contributed by atoms with Crippen molar-refractivity contribution in [1.82, 2.24) is 10.2 Å². The van der Waals surface area contributed by atoms with Crippen LogP contribution in [0.1, 0.15) is 46.1 Å². The van der Waals surface area contributed by atoms with E-state index in [9.17, 15) is 18.0 Å². The number of hydrogen-bond acceptors (Lipinski definition) is 5. The SMILES string of the molecule is CCOc1ccccc1N(CC(=O)N(Cc1ccccc1Cl)[C@@H](CC)C(=O)N[C@@H](C)CC)S(C)(=O)=O. The lowest BCUT2D eigenvalue weighted by Crippen LogP contribution is -2.53. The van der Waals surface area contributed by atoms with Crippen LogP contribution in [-0.2, 0) is 26.2 Å². The van der Waals surface area contributed by atoms with E-state index in [1.165, 1.54) is 4.90 Å². The Bertz CT molecular complexity index is 1140. The molecule has 0 saturated heterocycles. The van der Waals surface area contributed by atoms with Crippen LogP contribution in [0.5, 0.6) is 5.75 Å². The fourth-order valence-corrected chi connectivity index (χ4v) is 4.75. The zero-order chi connectivity index (χ0) is 26.9. The molecule has 0 saturated carbocycles. The Morgan fingerprint density at radius 2 is 1.67 bits per heavy atom. The highest BCUT2D eigenvalue weighted by Crippen LogP contribution is 2.30. The van der Waals surface area contributed by atoms with Gasteiger partial charge in [-0.15, -0.1) is 0 Å². The molecule has 0 bridgehead atoms. The molecule has 1 N–H and O–H groups in total. The molecule has 0 aliphatic rings. The van der Waals surface area contributed by atoms with Crippen LogP contribution in [0.4, 0.5) is 5.69 Å². The van der Waals surface area contributed by atoms with Crippen molar-refractivity contribution in [3.8, 4) is 5.75 Å². The van der Waals surface area contributed by atoms with Crippen LogP contribution in [-0.4, -0.2) is 56.6 Å². The fourth-order valence-electron chi connectivity index (χ4n) is 3.71. The molecule has 0 aliphatic heterocycles. The average Bonchev–Trinajstić information content (AvgIpc) is 2.83. The van der Waals surface area contributed by atoms with Crippen LogP contribution in [0.2, 0.25) is 5.02 Å². The largest absolute Gasteiger partial charge is 0.492 e. The van der Waals surface area contributed by atoms with Crippen LogP contribution in [0.25, 0.3) is 0 Å². The minimum Gasteiger partial charge on any atom is -0.492 e. The third kappa shape index (κ3) is 7.86. The number of nitrogens with one attached hydrogen (secondary N) is 1. The lowest BCUT2D eigenvalue weighted by atomic mass is 10.1. The molecule has 0 unspecified atom stereocenters. The van der Waals surface area contributed by atoms with Crippen molar-refractivity contribution in [2.45, 2.75) is 59.2 Å². The monoisotopic (exact) mass is 537 g/mol. The van der Waals surface area contributed by atoms with Crippen LogP contribution in [0, 0.1) is 0 Å². The molecule has 0 fully saturated rings. The van der Waals surface area contributed by atoms with Crippen molar-refractivity contribution in [2.24, 2.45) is 0 Å². The van der Waals surface area contributed by atoms with E-state index in [4.69, 9.17) is 16.3 Å². The van der Waals surface area contributed by atoms with Gasteiger partial charge in [-0.1, -0.05) is 55.8 Å². The summed E-state index contributed by atoms with van der Waals surface area (Å²) in [7, 11) is -3.86. The Morgan fingerprint density at radius 1 is 1.03 bits per heavy atom. The summed E-state index contributed by atoms with van der Waals surface area (Å²) < 4.78 is 32.3. The third-order valence-electron chi connectivity index (χ3n) is 5.80. The quantitative estimate of drug-likeness (QED) is 0.412. The van der Waals surface area contributed by atoms with E-state index in [1.807, 2.05) is 20.8 Å². The van der Waals surface area contributed by atoms with Crippen molar-refractivity contribution in [3.05, 3.63) is 59.1 Å². The molecule has 198 valence electrons. The lowest BCUT2D eigenvalue weighted by molar-refractivity contribution is -0.140. The van der Waals surface area contributed by atoms with E-state index >= 15 is 0 Å². The summed E-state index contributed by atoms with van der Waals surface area (Å²) >= 11 is 6.38. The maximum atomic E-state index is 13.8. The number of ether oxygens (including phenoxy) is 1. The highest BCUT2D eigenvalue weighted by molar-refractivity contribution is 7.92. The number of carbonyl (C=O) groups excluding carboxylic acids is 2. The number of nitrogens with zero attached hydrogens (tertiary/aromatic N) is 2. The molecule has 2 atom stereocenters. The smallest absolute Gasteiger partial charge is 0.244 e. The molecule has 0 aliphatic carbocycles. The predicted octanol–water partition coefficient (Wildman–Crippen LogP) is 4.23. The summed E-state index contributed by atoms with van der Waals surface area (Å²) in [5.74, 6) is -0.483. The number of rotatable bonds is 13. The molecule has 2 aromatic carbocycles. The fraction of sp³-hybridized carbons (Fsp3) is 0.462. The van der Waals surface area contributed by atoms with Crippen molar-refractivity contribution >= 4 is 39.1 Å². The first-order chi connectivity index (χ1) is 17.0. The van der Waals surface area contributed by atoms with Crippen LogP contribution in [0.3, 0.4) is 0 Å². The first-order valence-corrected chi connectivity index (χ1v) is 14.3.